The first-order valence-corrected chi connectivity index (χ1v) is 7.14. The number of aryl methyl sites for hydroxylation is 1. The predicted octanol–water partition coefficient (Wildman–Crippen LogP) is 0.284. The minimum Gasteiger partial charge on any atom is -0.369 e. The second-order valence-corrected chi connectivity index (χ2v) is 5.33. The molecule has 6 heteroatoms. The first-order chi connectivity index (χ1) is 10.0. The van der Waals surface area contributed by atoms with E-state index in [1.54, 1.807) is 0 Å². The molecule has 0 bridgehead atoms. The normalized spacial score (nSPS) is 15.6. The van der Waals surface area contributed by atoms with Gasteiger partial charge in [-0.25, -0.2) is 0 Å². The summed E-state index contributed by atoms with van der Waals surface area (Å²) >= 11 is 0. The zero-order valence-corrected chi connectivity index (χ0v) is 12.6. The van der Waals surface area contributed by atoms with Gasteiger partial charge in [0.25, 0.3) is 5.91 Å². The molecule has 0 spiro atoms. The molecule has 2 N–H and O–H groups in total. The summed E-state index contributed by atoms with van der Waals surface area (Å²) in [4.78, 5) is 26.8. The topological polar surface area (TPSA) is 64.7 Å². The third-order valence-corrected chi connectivity index (χ3v) is 3.48. The minimum absolute atomic E-state index is 0.186. The Morgan fingerprint density at radius 2 is 1.86 bits per heavy atom. The second kappa shape index (κ2) is 7.08. The Morgan fingerprint density at radius 1 is 1.14 bits per heavy atom. The number of hydrogen-bond donors (Lipinski definition) is 2. The van der Waals surface area contributed by atoms with Crippen molar-refractivity contribution >= 4 is 17.5 Å². The maximum Gasteiger partial charge on any atom is 0.252 e. The molecule has 1 aromatic carbocycles. The number of rotatable bonds is 3. The summed E-state index contributed by atoms with van der Waals surface area (Å²) in [5.74, 6) is -0.457. The number of anilines is 1. The number of nitrogens with zero attached hydrogens (tertiary/aromatic N) is 2. The molecule has 2 rings (SSSR count). The third-order valence-electron chi connectivity index (χ3n) is 3.48. The summed E-state index contributed by atoms with van der Waals surface area (Å²) in [7, 11) is 0. The van der Waals surface area contributed by atoms with Gasteiger partial charge in [0.05, 0.1) is 6.54 Å². The average Bonchev–Trinajstić information content (AvgIpc) is 2.46. The lowest BCUT2D eigenvalue weighted by molar-refractivity contribution is -0.128. The van der Waals surface area contributed by atoms with Crippen LogP contribution in [0.1, 0.15) is 12.5 Å². The van der Waals surface area contributed by atoms with Crippen LogP contribution in [0, 0.1) is 6.92 Å². The SMILES string of the molecule is CC(=O)NNC(=O)CN1CCN(c2cccc(C)c2)CC1. The van der Waals surface area contributed by atoms with Crippen molar-refractivity contribution in [2.24, 2.45) is 0 Å². The first-order valence-electron chi connectivity index (χ1n) is 7.14. The number of carbonyl (C=O) groups is 2. The minimum atomic E-state index is -0.271. The van der Waals surface area contributed by atoms with Crippen molar-refractivity contribution in [2.45, 2.75) is 13.8 Å². The van der Waals surface area contributed by atoms with Crippen LogP contribution in [0.3, 0.4) is 0 Å². The quantitative estimate of drug-likeness (QED) is 0.785. The molecule has 1 aliphatic heterocycles. The van der Waals surface area contributed by atoms with Gasteiger partial charge in [-0.3, -0.25) is 25.3 Å². The summed E-state index contributed by atoms with van der Waals surface area (Å²) in [6.07, 6.45) is 0. The summed E-state index contributed by atoms with van der Waals surface area (Å²) in [5.41, 5.74) is 7.17. The van der Waals surface area contributed by atoms with E-state index in [2.05, 4.69) is 51.8 Å². The zero-order valence-electron chi connectivity index (χ0n) is 12.6. The van der Waals surface area contributed by atoms with Crippen LogP contribution in [-0.4, -0.2) is 49.4 Å². The Hall–Kier alpha value is -2.08. The molecule has 0 atom stereocenters. The van der Waals surface area contributed by atoms with Crippen LogP contribution in [0.15, 0.2) is 24.3 Å². The van der Waals surface area contributed by atoms with E-state index in [0.29, 0.717) is 6.54 Å². The van der Waals surface area contributed by atoms with E-state index in [0.717, 1.165) is 26.2 Å². The van der Waals surface area contributed by atoms with Gasteiger partial charge >= 0.3 is 0 Å². The highest BCUT2D eigenvalue weighted by molar-refractivity contribution is 5.81. The molecular formula is C15H22N4O2. The molecule has 0 saturated carbocycles. The van der Waals surface area contributed by atoms with Crippen molar-refractivity contribution < 1.29 is 9.59 Å². The zero-order chi connectivity index (χ0) is 15.2. The van der Waals surface area contributed by atoms with Crippen LogP contribution in [0.4, 0.5) is 5.69 Å². The summed E-state index contributed by atoms with van der Waals surface area (Å²) < 4.78 is 0. The molecular weight excluding hydrogens is 268 g/mol. The lowest BCUT2D eigenvalue weighted by Gasteiger charge is -2.35. The molecule has 0 unspecified atom stereocenters. The fourth-order valence-corrected chi connectivity index (χ4v) is 2.39. The largest absolute Gasteiger partial charge is 0.369 e. The molecule has 0 aromatic heterocycles. The number of nitrogens with one attached hydrogen (secondary N) is 2. The predicted molar refractivity (Wildman–Crippen MR) is 81.8 cm³/mol. The second-order valence-electron chi connectivity index (χ2n) is 5.33. The molecule has 1 saturated heterocycles. The number of benzene rings is 1. The van der Waals surface area contributed by atoms with Crippen molar-refractivity contribution in [3.8, 4) is 0 Å². The molecule has 114 valence electrons. The van der Waals surface area contributed by atoms with Crippen LogP contribution in [-0.2, 0) is 9.59 Å². The van der Waals surface area contributed by atoms with E-state index < -0.39 is 0 Å². The molecule has 0 radical (unpaired) electrons. The van der Waals surface area contributed by atoms with E-state index in [4.69, 9.17) is 0 Å². The standard InChI is InChI=1S/C15H22N4O2/c1-12-4-3-5-14(10-12)19-8-6-18(7-9-19)11-15(21)17-16-13(2)20/h3-5,10H,6-9,11H2,1-2H3,(H,16,20)(H,17,21). The highest BCUT2D eigenvalue weighted by atomic mass is 16.2. The number of carbonyl (C=O) groups excluding carboxylic acids is 2. The van der Waals surface area contributed by atoms with Gasteiger partial charge in [-0.2, -0.15) is 0 Å². The van der Waals surface area contributed by atoms with Gasteiger partial charge in [0.1, 0.15) is 0 Å². The highest BCUT2D eigenvalue weighted by Gasteiger charge is 2.19. The van der Waals surface area contributed by atoms with Crippen LogP contribution in [0.2, 0.25) is 0 Å². The van der Waals surface area contributed by atoms with Gasteiger partial charge in [-0.15, -0.1) is 0 Å². The van der Waals surface area contributed by atoms with Crippen molar-refractivity contribution in [3.63, 3.8) is 0 Å². The van der Waals surface area contributed by atoms with Crippen molar-refractivity contribution in [3.05, 3.63) is 29.8 Å². The summed E-state index contributed by atoms with van der Waals surface area (Å²) in [6.45, 7) is 7.23. The Kier molecular flexibility index (Phi) is 5.16. The molecule has 1 aliphatic rings. The molecule has 6 nitrogen and oxygen atoms in total. The highest BCUT2D eigenvalue weighted by Crippen LogP contribution is 2.17. The Bertz CT molecular complexity index is 510. The van der Waals surface area contributed by atoms with Crippen molar-refractivity contribution in [1.82, 2.24) is 15.8 Å². The van der Waals surface area contributed by atoms with Gasteiger partial charge in [0, 0.05) is 38.8 Å². The van der Waals surface area contributed by atoms with Crippen molar-refractivity contribution in [1.29, 1.82) is 0 Å². The van der Waals surface area contributed by atoms with Gasteiger partial charge in [0.2, 0.25) is 5.91 Å². The fourth-order valence-electron chi connectivity index (χ4n) is 2.39. The van der Waals surface area contributed by atoms with Gasteiger partial charge in [-0.05, 0) is 24.6 Å². The average molecular weight is 290 g/mol. The van der Waals surface area contributed by atoms with Crippen LogP contribution in [0.5, 0.6) is 0 Å². The maximum absolute atomic E-state index is 11.6. The molecule has 1 aromatic rings. The monoisotopic (exact) mass is 290 g/mol. The Morgan fingerprint density at radius 3 is 2.48 bits per heavy atom. The molecule has 21 heavy (non-hydrogen) atoms. The van der Waals surface area contributed by atoms with E-state index >= 15 is 0 Å². The van der Waals surface area contributed by atoms with Gasteiger partial charge < -0.3 is 4.90 Å². The Labute approximate surface area is 125 Å². The fraction of sp³-hybridized carbons (Fsp3) is 0.467. The third kappa shape index (κ3) is 4.75. The van der Waals surface area contributed by atoms with Crippen LogP contribution < -0.4 is 15.8 Å². The van der Waals surface area contributed by atoms with E-state index in [9.17, 15) is 9.59 Å². The molecule has 1 fully saturated rings. The molecule has 0 aliphatic carbocycles. The number of amides is 2. The van der Waals surface area contributed by atoms with Gasteiger partial charge in [-0.1, -0.05) is 12.1 Å². The lowest BCUT2D eigenvalue weighted by Crippen LogP contribution is -2.51. The number of piperazine rings is 1. The van der Waals surface area contributed by atoms with Gasteiger partial charge in [0.15, 0.2) is 0 Å². The smallest absolute Gasteiger partial charge is 0.252 e. The lowest BCUT2D eigenvalue weighted by atomic mass is 10.2. The number of hydrogen-bond acceptors (Lipinski definition) is 4. The van der Waals surface area contributed by atoms with E-state index in [1.165, 1.54) is 18.2 Å². The van der Waals surface area contributed by atoms with Crippen molar-refractivity contribution in [2.75, 3.05) is 37.6 Å². The van der Waals surface area contributed by atoms with Crippen LogP contribution >= 0.6 is 0 Å². The Balaban J connectivity index is 1.78. The maximum atomic E-state index is 11.6. The molecule has 1 heterocycles. The van der Waals surface area contributed by atoms with Crippen LogP contribution in [0.25, 0.3) is 0 Å². The first kappa shape index (κ1) is 15.3. The summed E-state index contributed by atoms with van der Waals surface area (Å²) in [6, 6.07) is 8.45. The molecule has 2 amide bonds. The number of hydrazine groups is 1. The van der Waals surface area contributed by atoms with E-state index in [-0.39, 0.29) is 11.8 Å². The summed E-state index contributed by atoms with van der Waals surface area (Å²) in [5, 5.41) is 0. The van der Waals surface area contributed by atoms with E-state index in [1.807, 2.05) is 0 Å².